The number of esters is 1. The summed E-state index contributed by atoms with van der Waals surface area (Å²) in [5.41, 5.74) is 9.99. The molecular weight excluding hydrogens is 500 g/mol. The van der Waals surface area contributed by atoms with Gasteiger partial charge >= 0.3 is 5.97 Å². The van der Waals surface area contributed by atoms with Gasteiger partial charge in [-0.1, -0.05) is 32.0 Å². The van der Waals surface area contributed by atoms with Crippen molar-refractivity contribution in [2.24, 2.45) is 0 Å². The molecule has 4 rings (SSSR count). The van der Waals surface area contributed by atoms with Gasteiger partial charge in [-0.3, -0.25) is 15.8 Å². The summed E-state index contributed by atoms with van der Waals surface area (Å²) in [6.45, 7) is 8.14. The number of nitrogens with one attached hydrogen (secondary N) is 3. The lowest BCUT2D eigenvalue weighted by Crippen LogP contribution is -2.41. The smallest absolute Gasteiger partial charge is 0.344 e. The van der Waals surface area contributed by atoms with Gasteiger partial charge in [0.1, 0.15) is 11.5 Å². The second-order valence-corrected chi connectivity index (χ2v) is 9.65. The summed E-state index contributed by atoms with van der Waals surface area (Å²) in [4.78, 5) is 16.0. The van der Waals surface area contributed by atoms with Crippen LogP contribution in [0.4, 0.5) is 5.69 Å². The highest BCUT2D eigenvalue weighted by Gasteiger charge is 2.33. The van der Waals surface area contributed by atoms with Crippen LogP contribution in [0, 0.1) is 0 Å². The van der Waals surface area contributed by atoms with Gasteiger partial charge in [0, 0.05) is 29.2 Å². The zero-order chi connectivity index (χ0) is 27.1. The molecule has 2 aromatic carbocycles. The molecule has 3 N–H and O–H groups in total. The summed E-state index contributed by atoms with van der Waals surface area (Å²) in [6, 6.07) is 17.4. The first-order valence-electron chi connectivity index (χ1n) is 12.5. The Kier molecular flexibility index (Phi) is 8.48. The highest BCUT2D eigenvalue weighted by Crippen LogP contribution is 2.41. The Labute approximate surface area is 228 Å². The van der Waals surface area contributed by atoms with Gasteiger partial charge in [-0.15, -0.1) is 0 Å². The predicted octanol–water partition coefficient (Wildman–Crippen LogP) is 5.29. The number of fused-ring (bicyclic) bond motifs is 1. The molecule has 0 spiro atoms. The largest absolute Gasteiger partial charge is 0.482 e. The molecule has 0 bridgehead atoms. The Balaban J connectivity index is 1.54. The van der Waals surface area contributed by atoms with Gasteiger partial charge < -0.3 is 19.5 Å². The number of aromatic nitrogens is 1. The molecule has 0 saturated heterocycles. The average Bonchev–Trinajstić information content (AvgIpc) is 2.91. The van der Waals surface area contributed by atoms with E-state index in [1.54, 1.807) is 31.5 Å². The maximum atomic E-state index is 11.8. The van der Waals surface area contributed by atoms with Crippen LogP contribution in [0.15, 0.2) is 73.1 Å². The molecule has 2 heterocycles. The van der Waals surface area contributed by atoms with Crippen LogP contribution in [-0.2, 0) is 15.1 Å². The number of pyridine rings is 1. The molecule has 0 aliphatic carbocycles. The van der Waals surface area contributed by atoms with Crippen LogP contribution >= 0.6 is 12.2 Å². The number of carbonyl (C=O) groups is 1. The number of benzene rings is 2. The molecule has 8 nitrogen and oxygen atoms in total. The van der Waals surface area contributed by atoms with Gasteiger partial charge in [0.05, 0.1) is 12.3 Å². The van der Waals surface area contributed by atoms with Crippen LogP contribution < -0.4 is 25.6 Å². The third kappa shape index (κ3) is 6.60. The maximum absolute atomic E-state index is 11.8. The van der Waals surface area contributed by atoms with Crippen LogP contribution in [0.25, 0.3) is 5.70 Å². The number of hydrogen-bond donors (Lipinski definition) is 3. The topological polar surface area (TPSA) is 93.7 Å². The number of hydrogen-bond acceptors (Lipinski definition) is 7. The van der Waals surface area contributed by atoms with E-state index in [0.29, 0.717) is 29.1 Å². The lowest BCUT2D eigenvalue weighted by Gasteiger charge is -2.34. The van der Waals surface area contributed by atoms with Gasteiger partial charge in [-0.2, -0.15) is 0 Å². The Bertz CT molecular complexity index is 1310. The molecule has 3 aromatic rings. The summed E-state index contributed by atoms with van der Waals surface area (Å²) in [7, 11) is 0. The van der Waals surface area contributed by atoms with Gasteiger partial charge in [0.25, 0.3) is 0 Å². The number of thiocarbonyl (C=S) groups is 1. The van der Waals surface area contributed by atoms with E-state index in [1.807, 2.05) is 43.3 Å². The predicted molar refractivity (Wildman–Crippen MR) is 152 cm³/mol. The first kappa shape index (κ1) is 26.9. The van der Waals surface area contributed by atoms with E-state index in [0.717, 1.165) is 22.5 Å². The third-order valence-corrected chi connectivity index (χ3v) is 6.23. The van der Waals surface area contributed by atoms with Crippen molar-refractivity contribution in [2.75, 3.05) is 18.5 Å². The highest BCUT2D eigenvalue weighted by molar-refractivity contribution is 7.80. The summed E-state index contributed by atoms with van der Waals surface area (Å²) in [6.07, 6.45) is 5.45. The van der Waals surface area contributed by atoms with Crippen LogP contribution in [0.5, 0.6) is 11.5 Å². The first-order chi connectivity index (χ1) is 18.3. The van der Waals surface area contributed by atoms with Crippen molar-refractivity contribution in [1.29, 1.82) is 0 Å². The van der Waals surface area contributed by atoms with E-state index in [4.69, 9.17) is 26.4 Å². The summed E-state index contributed by atoms with van der Waals surface area (Å²) in [5, 5.41) is 3.59. The molecule has 1 unspecified atom stereocenters. The highest BCUT2D eigenvalue weighted by atomic mass is 32.1. The Morgan fingerprint density at radius 1 is 1.16 bits per heavy atom. The Morgan fingerprint density at radius 3 is 2.63 bits per heavy atom. The minimum absolute atomic E-state index is 0.185. The average molecular weight is 533 g/mol. The van der Waals surface area contributed by atoms with Crippen LogP contribution in [-0.4, -0.2) is 29.3 Å². The first-order valence-corrected chi connectivity index (χ1v) is 12.9. The fourth-order valence-corrected chi connectivity index (χ4v) is 4.16. The molecule has 1 atom stereocenters. The van der Waals surface area contributed by atoms with Crippen molar-refractivity contribution >= 4 is 34.7 Å². The number of ether oxygens (including phenoxy) is 3. The molecule has 0 saturated carbocycles. The van der Waals surface area contributed by atoms with Crippen molar-refractivity contribution in [1.82, 2.24) is 15.8 Å². The van der Waals surface area contributed by atoms with Gasteiger partial charge in [-0.25, -0.2) is 4.79 Å². The normalized spacial score (nSPS) is 16.0. The minimum atomic E-state index is -0.791. The summed E-state index contributed by atoms with van der Waals surface area (Å²) < 4.78 is 17.0. The van der Waals surface area contributed by atoms with Crippen molar-refractivity contribution in [3.63, 3.8) is 0 Å². The fourth-order valence-electron chi connectivity index (χ4n) is 3.99. The molecule has 0 radical (unpaired) electrons. The fraction of sp³-hybridized carbons (Fsp3) is 0.276. The van der Waals surface area contributed by atoms with E-state index in [1.165, 1.54) is 5.56 Å². The molecular formula is C29H32N4O4S. The van der Waals surface area contributed by atoms with Gasteiger partial charge in [-0.05, 0) is 80.0 Å². The summed E-state index contributed by atoms with van der Waals surface area (Å²) in [5.74, 6) is 1.16. The maximum Gasteiger partial charge on any atom is 0.344 e. The zero-order valence-electron chi connectivity index (χ0n) is 21.9. The van der Waals surface area contributed by atoms with Gasteiger partial charge in [0.2, 0.25) is 0 Å². The standard InChI is InChI=1S/C29H32N4O4S/c1-5-35-27(34)18-36-23-12-13-26-24(15-23)25(16-29(4,37-26)21-7-6-14-30-17-21)32-33-28(38)31-22-10-8-20(9-11-22)19(2)3/h6-17,19,32H,5,18H2,1-4H3,(H2,31,33,38). The lowest BCUT2D eigenvalue weighted by atomic mass is 9.91. The molecule has 1 aliphatic heterocycles. The Morgan fingerprint density at radius 2 is 1.95 bits per heavy atom. The Hall–Kier alpha value is -4.11. The molecule has 0 amide bonds. The van der Waals surface area contributed by atoms with E-state index < -0.39 is 11.6 Å². The SMILES string of the molecule is CCOC(=O)COc1ccc2c(c1)C(NNC(=S)Nc1ccc(C(C)C)cc1)=CC(C)(c1cccnc1)O2. The minimum Gasteiger partial charge on any atom is -0.482 e. The number of rotatable bonds is 9. The lowest BCUT2D eigenvalue weighted by molar-refractivity contribution is -0.145. The number of carbonyl (C=O) groups excluding carboxylic acids is 1. The van der Waals surface area contributed by atoms with Crippen molar-refractivity contribution in [3.05, 3.63) is 89.8 Å². The molecule has 1 aliphatic rings. The van der Waals surface area contributed by atoms with Crippen molar-refractivity contribution < 1.29 is 19.0 Å². The van der Waals surface area contributed by atoms with Crippen molar-refractivity contribution in [3.8, 4) is 11.5 Å². The number of anilines is 1. The van der Waals surface area contributed by atoms with Crippen LogP contribution in [0.2, 0.25) is 0 Å². The summed E-state index contributed by atoms with van der Waals surface area (Å²) >= 11 is 5.53. The second kappa shape index (κ2) is 12.0. The molecule has 9 heteroatoms. The molecule has 0 fully saturated rings. The van der Waals surface area contributed by atoms with Gasteiger partial charge in [0.15, 0.2) is 17.3 Å². The zero-order valence-corrected chi connectivity index (χ0v) is 22.7. The molecule has 1 aromatic heterocycles. The van der Waals surface area contributed by atoms with Crippen LogP contribution in [0.1, 0.15) is 50.3 Å². The van der Waals surface area contributed by atoms with E-state index in [-0.39, 0.29) is 6.61 Å². The molecule has 38 heavy (non-hydrogen) atoms. The monoisotopic (exact) mass is 532 g/mol. The van der Waals surface area contributed by atoms with Crippen LogP contribution in [0.3, 0.4) is 0 Å². The second-order valence-electron chi connectivity index (χ2n) is 9.24. The van der Waals surface area contributed by atoms with E-state index in [9.17, 15) is 4.79 Å². The number of hydrazine groups is 1. The third-order valence-electron chi connectivity index (χ3n) is 6.03. The quantitative estimate of drug-likeness (QED) is 0.193. The van der Waals surface area contributed by atoms with Crippen molar-refractivity contribution in [2.45, 2.75) is 39.2 Å². The molecule has 198 valence electrons. The number of nitrogens with zero attached hydrogens (tertiary/aromatic N) is 1. The van der Waals surface area contributed by atoms with E-state index in [2.05, 4.69) is 47.1 Å². The van der Waals surface area contributed by atoms with E-state index >= 15 is 0 Å².